The van der Waals surface area contributed by atoms with E-state index >= 15 is 0 Å². The molecule has 0 radical (unpaired) electrons. The molecule has 1 aliphatic heterocycles. The highest BCUT2D eigenvalue weighted by atomic mass is 79.9. The summed E-state index contributed by atoms with van der Waals surface area (Å²) in [5.74, 6) is 0.114. The first-order valence-corrected chi connectivity index (χ1v) is 8.83. The minimum absolute atomic E-state index is 0.0921. The van der Waals surface area contributed by atoms with E-state index in [0.29, 0.717) is 6.10 Å². The summed E-state index contributed by atoms with van der Waals surface area (Å²) in [6.45, 7) is 0. The van der Waals surface area contributed by atoms with E-state index in [4.69, 9.17) is 4.74 Å². The molecule has 1 nitrogen and oxygen atoms in total. The fourth-order valence-corrected chi connectivity index (χ4v) is 4.46. The maximum Gasteiger partial charge on any atom is 0.126 e. The molecule has 0 amide bonds. The summed E-state index contributed by atoms with van der Waals surface area (Å²) in [5.41, 5.74) is 0.997. The minimum Gasteiger partial charge on any atom is -0.372 e. The largest absolute Gasteiger partial charge is 0.372 e. The van der Waals surface area contributed by atoms with Crippen molar-refractivity contribution in [3.8, 4) is 0 Å². The Morgan fingerprint density at radius 1 is 1.25 bits per heavy atom. The molecule has 2 unspecified atom stereocenters. The van der Waals surface area contributed by atoms with E-state index in [-0.39, 0.29) is 17.3 Å². The van der Waals surface area contributed by atoms with Crippen molar-refractivity contribution in [2.75, 3.05) is 5.33 Å². The molecule has 20 heavy (non-hydrogen) atoms. The van der Waals surface area contributed by atoms with Crippen LogP contribution < -0.4 is 0 Å². The molecule has 1 spiro atoms. The number of alkyl halides is 1. The minimum atomic E-state index is -0.0921. The van der Waals surface area contributed by atoms with Gasteiger partial charge < -0.3 is 4.74 Å². The van der Waals surface area contributed by atoms with Crippen LogP contribution in [-0.2, 0) is 4.74 Å². The Morgan fingerprint density at radius 2 is 2.00 bits per heavy atom. The average Bonchev–Trinajstić information content (AvgIpc) is 3.08. The van der Waals surface area contributed by atoms with Gasteiger partial charge in [-0.2, -0.15) is 0 Å². The highest BCUT2D eigenvalue weighted by Gasteiger charge is 2.42. The van der Waals surface area contributed by atoms with Crippen LogP contribution in [0, 0.1) is 5.82 Å². The molecule has 1 aromatic carbocycles. The van der Waals surface area contributed by atoms with E-state index in [1.165, 1.54) is 32.1 Å². The van der Waals surface area contributed by atoms with Gasteiger partial charge in [-0.3, -0.25) is 0 Å². The second kappa shape index (κ2) is 6.15. The molecule has 0 aromatic heterocycles. The van der Waals surface area contributed by atoms with Gasteiger partial charge >= 0.3 is 0 Å². The quantitative estimate of drug-likeness (QED) is 0.685. The zero-order valence-corrected chi connectivity index (χ0v) is 13.4. The molecule has 3 rings (SSSR count). The van der Waals surface area contributed by atoms with E-state index in [2.05, 4.69) is 15.9 Å². The summed E-state index contributed by atoms with van der Waals surface area (Å²) in [6, 6.07) is 7.13. The van der Waals surface area contributed by atoms with Crippen LogP contribution in [0.3, 0.4) is 0 Å². The Labute approximate surface area is 129 Å². The lowest BCUT2D eigenvalue weighted by Gasteiger charge is -2.25. The predicted molar refractivity (Wildman–Crippen MR) is 82.9 cm³/mol. The smallest absolute Gasteiger partial charge is 0.126 e. The van der Waals surface area contributed by atoms with Gasteiger partial charge in [-0.05, 0) is 49.7 Å². The molecule has 110 valence electrons. The van der Waals surface area contributed by atoms with E-state index in [1.54, 1.807) is 12.1 Å². The van der Waals surface area contributed by atoms with Gasteiger partial charge in [0.25, 0.3) is 0 Å². The SMILES string of the molecule is Fc1ccccc1C(CBr)CC1CCC2(CCCC2)O1. The molecule has 3 heteroatoms. The summed E-state index contributed by atoms with van der Waals surface area (Å²) >= 11 is 3.55. The van der Waals surface area contributed by atoms with Gasteiger partial charge in [-0.1, -0.05) is 47.0 Å². The van der Waals surface area contributed by atoms with Crippen LogP contribution in [0.25, 0.3) is 0 Å². The maximum atomic E-state index is 13.9. The predicted octanol–water partition coefficient (Wildman–Crippen LogP) is 5.19. The van der Waals surface area contributed by atoms with Crippen molar-refractivity contribution in [3.05, 3.63) is 35.6 Å². The number of hydrogen-bond donors (Lipinski definition) is 0. The van der Waals surface area contributed by atoms with Crippen molar-refractivity contribution in [2.45, 2.75) is 62.6 Å². The molecule has 1 heterocycles. The topological polar surface area (TPSA) is 9.23 Å². The highest BCUT2D eigenvalue weighted by Crippen LogP contribution is 2.45. The van der Waals surface area contributed by atoms with E-state index < -0.39 is 0 Å². The molecule has 2 fully saturated rings. The highest BCUT2D eigenvalue weighted by molar-refractivity contribution is 9.09. The Balaban J connectivity index is 1.66. The number of hydrogen-bond acceptors (Lipinski definition) is 1. The summed E-state index contributed by atoms with van der Waals surface area (Å²) in [5, 5.41) is 0.792. The number of benzene rings is 1. The lowest BCUT2D eigenvalue weighted by atomic mass is 9.92. The third kappa shape index (κ3) is 2.94. The fourth-order valence-electron chi connectivity index (χ4n) is 3.85. The fraction of sp³-hybridized carbons (Fsp3) is 0.647. The first kappa shape index (κ1) is 14.5. The molecule has 2 atom stereocenters. The van der Waals surface area contributed by atoms with Gasteiger partial charge in [-0.25, -0.2) is 4.39 Å². The second-order valence-corrected chi connectivity index (χ2v) is 6.92. The van der Waals surface area contributed by atoms with Gasteiger partial charge in [0.1, 0.15) is 5.82 Å². The lowest BCUT2D eigenvalue weighted by Crippen LogP contribution is -2.25. The summed E-state index contributed by atoms with van der Waals surface area (Å²) in [7, 11) is 0. The van der Waals surface area contributed by atoms with Crippen molar-refractivity contribution in [3.63, 3.8) is 0 Å². The van der Waals surface area contributed by atoms with Gasteiger partial charge in [-0.15, -0.1) is 0 Å². The Hall–Kier alpha value is -0.410. The number of halogens is 2. The van der Waals surface area contributed by atoms with Crippen molar-refractivity contribution < 1.29 is 9.13 Å². The zero-order valence-electron chi connectivity index (χ0n) is 11.8. The van der Waals surface area contributed by atoms with Crippen molar-refractivity contribution >= 4 is 15.9 Å². The third-order valence-electron chi connectivity index (χ3n) is 4.93. The van der Waals surface area contributed by atoms with Crippen LogP contribution in [-0.4, -0.2) is 17.0 Å². The molecule has 0 bridgehead atoms. The van der Waals surface area contributed by atoms with E-state index in [0.717, 1.165) is 23.7 Å². The summed E-state index contributed by atoms with van der Waals surface area (Å²) in [6.07, 6.45) is 8.62. The molecule has 1 aliphatic carbocycles. The Kier molecular flexibility index (Phi) is 4.46. The zero-order chi connectivity index (χ0) is 14.0. The van der Waals surface area contributed by atoms with E-state index in [9.17, 15) is 4.39 Å². The van der Waals surface area contributed by atoms with Gasteiger partial charge in [0.05, 0.1) is 11.7 Å². The van der Waals surface area contributed by atoms with Crippen LogP contribution in [0.1, 0.15) is 56.4 Å². The summed E-state index contributed by atoms with van der Waals surface area (Å²) in [4.78, 5) is 0. The van der Waals surface area contributed by atoms with Gasteiger partial charge in [0.15, 0.2) is 0 Å². The molecule has 1 aromatic rings. The van der Waals surface area contributed by atoms with Crippen LogP contribution >= 0.6 is 15.9 Å². The van der Waals surface area contributed by atoms with Crippen LogP contribution in [0.2, 0.25) is 0 Å². The van der Waals surface area contributed by atoms with Crippen molar-refractivity contribution in [1.82, 2.24) is 0 Å². The van der Waals surface area contributed by atoms with Gasteiger partial charge in [0.2, 0.25) is 0 Å². The summed E-state index contributed by atoms with van der Waals surface area (Å²) < 4.78 is 20.3. The Morgan fingerprint density at radius 3 is 2.70 bits per heavy atom. The molecule has 0 N–H and O–H groups in total. The first-order chi connectivity index (χ1) is 9.72. The lowest BCUT2D eigenvalue weighted by molar-refractivity contribution is -0.0405. The molecule has 2 aliphatic rings. The number of ether oxygens (including phenoxy) is 1. The van der Waals surface area contributed by atoms with Crippen LogP contribution in [0.4, 0.5) is 4.39 Å². The van der Waals surface area contributed by atoms with Crippen LogP contribution in [0.15, 0.2) is 24.3 Å². The third-order valence-corrected chi connectivity index (χ3v) is 5.71. The standard InChI is InChI=1S/C17H22BrFO/c18-12-13(15-5-1-2-6-16(15)19)11-14-7-10-17(20-14)8-3-4-9-17/h1-2,5-6,13-14H,3-4,7-12H2. The first-order valence-electron chi connectivity index (χ1n) is 7.71. The molecular formula is C17H22BrFO. The maximum absolute atomic E-state index is 13.9. The van der Waals surface area contributed by atoms with Crippen molar-refractivity contribution in [2.24, 2.45) is 0 Å². The molecule has 1 saturated carbocycles. The average molecular weight is 341 g/mol. The van der Waals surface area contributed by atoms with Gasteiger partial charge in [0, 0.05) is 5.33 Å². The van der Waals surface area contributed by atoms with E-state index in [1.807, 2.05) is 12.1 Å². The number of rotatable bonds is 4. The Bertz CT molecular complexity index is 456. The van der Waals surface area contributed by atoms with Crippen LogP contribution in [0.5, 0.6) is 0 Å². The normalized spacial score (nSPS) is 26.2. The molecular weight excluding hydrogens is 319 g/mol. The second-order valence-electron chi connectivity index (χ2n) is 6.28. The monoisotopic (exact) mass is 340 g/mol. The van der Waals surface area contributed by atoms with Crippen molar-refractivity contribution in [1.29, 1.82) is 0 Å². The molecule has 1 saturated heterocycles.